The summed E-state index contributed by atoms with van der Waals surface area (Å²) in [6.07, 6.45) is 0.869. The van der Waals surface area contributed by atoms with Crippen molar-refractivity contribution in [2.45, 2.75) is 26.8 Å². The van der Waals surface area contributed by atoms with Crippen molar-refractivity contribution in [3.8, 4) is 0 Å². The zero-order valence-corrected chi connectivity index (χ0v) is 18.0. The normalized spacial score (nSPS) is 14.8. The number of hydrogen-bond donors (Lipinski definition) is 1. The Labute approximate surface area is 175 Å². The zero-order chi connectivity index (χ0) is 20.6. The van der Waals surface area contributed by atoms with Crippen LogP contribution in [0, 0.1) is 0 Å². The Hall–Kier alpha value is -2.68. The summed E-state index contributed by atoms with van der Waals surface area (Å²) in [6, 6.07) is 7.38. The molecule has 0 saturated carbocycles. The van der Waals surface area contributed by atoms with Crippen LogP contribution in [0.2, 0.25) is 0 Å². The third kappa shape index (κ3) is 5.44. The van der Waals surface area contributed by atoms with Crippen LogP contribution >= 0.6 is 11.5 Å². The van der Waals surface area contributed by atoms with Crippen molar-refractivity contribution in [1.82, 2.24) is 19.6 Å². The first-order chi connectivity index (χ1) is 14.1. The van der Waals surface area contributed by atoms with Gasteiger partial charge in [-0.2, -0.15) is 4.37 Å². The minimum absolute atomic E-state index is 0.326. The second-order valence-corrected chi connectivity index (χ2v) is 7.41. The van der Waals surface area contributed by atoms with E-state index in [9.17, 15) is 4.79 Å². The number of nitrogens with one attached hydrogen (secondary N) is 1. The van der Waals surface area contributed by atoms with Crippen LogP contribution in [0.15, 0.2) is 29.3 Å². The number of benzene rings is 1. The standard InChI is InChI=1S/C20H28N6O2S/c1-4-17-23-20(29-24-17)26-12-10-25(11-13-26)19(21-5-2)22-14-15-6-8-16(9-7-15)18(27)28-3/h6-9H,4-5,10-14H2,1-3H3,(H,21,22). The van der Waals surface area contributed by atoms with Crippen LogP contribution in [0.3, 0.4) is 0 Å². The molecular formula is C20H28N6O2S. The number of hydrogen-bond acceptors (Lipinski definition) is 7. The molecule has 1 aromatic heterocycles. The number of aromatic nitrogens is 2. The minimum Gasteiger partial charge on any atom is -0.465 e. The number of carbonyl (C=O) groups is 1. The second kappa shape index (κ2) is 10.2. The molecule has 1 saturated heterocycles. The molecule has 0 atom stereocenters. The number of nitrogens with zero attached hydrogens (tertiary/aromatic N) is 5. The summed E-state index contributed by atoms with van der Waals surface area (Å²) in [5.41, 5.74) is 1.60. The zero-order valence-electron chi connectivity index (χ0n) is 17.2. The molecule has 156 valence electrons. The largest absolute Gasteiger partial charge is 0.465 e. The monoisotopic (exact) mass is 416 g/mol. The molecule has 8 nitrogen and oxygen atoms in total. The summed E-state index contributed by atoms with van der Waals surface area (Å²) >= 11 is 1.48. The first-order valence-electron chi connectivity index (χ1n) is 9.92. The summed E-state index contributed by atoms with van der Waals surface area (Å²) in [5.74, 6) is 1.50. The molecule has 2 aromatic rings. The molecule has 0 bridgehead atoms. The molecule has 1 fully saturated rings. The van der Waals surface area contributed by atoms with Crippen molar-refractivity contribution in [3.63, 3.8) is 0 Å². The molecule has 3 rings (SSSR count). The van der Waals surface area contributed by atoms with E-state index in [0.717, 1.165) is 61.6 Å². The van der Waals surface area contributed by atoms with Crippen molar-refractivity contribution in [3.05, 3.63) is 41.2 Å². The molecule has 9 heteroatoms. The molecule has 0 unspecified atom stereocenters. The average molecular weight is 417 g/mol. The van der Waals surface area contributed by atoms with E-state index in [1.54, 1.807) is 12.1 Å². The molecule has 1 N–H and O–H groups in total. The molecule has 0 amide bonds. The number of guanidine groups is 1. The lowest BCUT2D eigenvalue weighted by Gasteiger charge is -2.36. The van der Waals surface area contributed by atoms with Gasteiger partial charge in [-0.3, -0.25) is 0 Å². The van der Waals surface area contributed by atoms with Crippen molar-refractivity contribution >= 4 is 28.6 Å². The molecule has 1 aromatic carbocycles. The van der Waals surface area contributed by atoms with Gasteiger partial charge in [-0.05, 0) is 24.6 Å². The molecule has 29 heavy (non-hydrogen) atoms. The lowest BCUT2D eigenvalue weighted by Crippen LogP contribution is -2.52. The van der Waals surface area contributed by atoms with E-state index in [4.69, 9.17) is 9.73 Å². The number of piperazine rings is 1. The van der Waals surface area contributed by atoms with Gasteiger partial charge >= 0.3 is 5.97 Å². The molecule has 0 radical (unpaired) electrons. The third-order valence-corrected chi connectivity index (χ3v) is 5.56. The Kier molecular flexibility index (Phi) is 7.40. The number of ether oxygens (including phenoxy) is 1. The molecule has 2 heterocycles. The van der Waals surface area contributed by atoms with Gasteiger partial charge in [0.05, 0.1) is 19.2 Å². The summed E-state index contributed by atoms with van der Waals surface area (Å²) < 4.78 is 9.13. The highest BCUT2D eigenvalue weighted by Gasteiger charge is 2.22. The van der Waals surface area contributed by atoms with Crippen LogP contribution in [0.4, 0.5) is 5.13 Å². The fraction of sp³-hybridized carbons (Fsp3) is 0.500. The maximum atomic E-state index is 11.6. The number of carbonyl (C=O) groups excluding carboxylic acids is 1. The Bertz CT molecular complexity index is 828. The van der Waals surface area contributed by atoms with Gasteiger partial charge in [0, 0.05) is 50.7 Å². The SMILES string of the molecule is CCNC(=NCc1ccc(C(=O)OC)cc1)N1CCN(c2nc(CC)ns2)CC1. The first-order valence-corrected chi connectivity index (χ1v) is 10.7. The van der Waals surface area contributed by atoms with E-state index in [2.05, 4.69) is 38.3 Å². The fourth-order valence-electron chi connectivity index (χ4n) is 3.08. The number of anilines is 1. The number of aliphatic imine (C=N–C) groups is 1. The van der Waals surface area contributed by atoms with E-state index in [1.807, 2.05) is 12.1 Å². The van der Waals surface area contributed by atoms with Crippen LogP contribution in [0.1, 0.15) is 35.6 Å². The van der Waals surface area contributed by atoms with Crippen LogP contribution in [0.5, 0.6) is 0 Å². The third-order valence-electron chi connectivity index (χ3n) is 4.74. The fourth-order valence-corrected chi connectivity index (χ4v) is 3.88. The summed E-state index contributed by atoms with van der Waals surface area (Å²) in [5, 5.41) is 4.40. The van der Waals surface area contributed by atoms with Gasteiger partial charge in [0.25, 0.3) is 0 Å². The van der Waals surface area contributed by atoms with Crippen LogP contribution in [-0.4, -0.2) is 66.0 Å². The summed E-state index contributed by atoms with van der Waals surface area (Å²) in [4.78, 5) is 25.5. The van der Waals surface area contributed by atoms with Crippen molar-refractivity contribution in [2.75, 3.05) is 44.7 Å². The number of esters is 1. The van der Waals surface area contributed by atoms with Crippen LogP contribution in [0.25, 0.3) is 0 Å². The van der Waals surface area contributed by atoms with Gasteiger partial charge in [0.15, 0.2) is 5.96 Å². The molecule has 1 aliphatic rings. The van der Waals surface area contributed by atoms with E-state index < -0.39 is 0 Å². The Morgan fingerprint density at radius 2 is 1.93 bits per heavy atom. The average Bonchev–Trinajstić information content (AvgIpc) is 3.26. The molecular weight excluding hydrogens is 388 g/mol. The van der Waals surface area contributed by atoms with E-state index in [1.165, 1.54) is 18.6 Å². The Morgan fingerprint density at radius 1 is 1.21 bits per heavy atom. The van der Waals surface area contributed by atoms with E-state index in [-0.39, 0.29) is 5.97 Å². The van der Waals surface area contributed by atoms with Crippen molar-refractivity contribution in [1.29, 1.82) is 0 Å². The maximum Gasteiger partial charge on any atom is 0.337 e. The minimum atomic E-state index is -0.326. The van der Waals surface area contributed by atoms with Gasteiger partial charge in [0.2, 0.25) is 5.13 Å². The molecule has 0 aliphatic carbocycles. The second-order valence-electron chi connectivity index (χ2n) is 6.68. The Balaban J connectivity index is 1.60. The summed E-state index contributed by atoms with van der Waals surface area (Å²) in [6.45, 7) is 9.09. The number of rotatable bonds is 6. The highest BCUT2D eigenvalue weighted by Crippen LogP contribution is 2.19. The highest BCUT2D eigenvalue weighted by molar-refractivity contribution is 7.09. The summed E-state index contributed by atoms with van der Waals surface area (Å²) in [7, 11) is 1.39. The smallest absolute Gasteiger partial charge is 0.337 e. The van der Waals surface area contributed by atoms with Gasteiger partial charge in [-0.25, -0.2) is 14.8 Å². The van der Waals surface area contributed by atoms with Crippen molar-refractivity contribution in [2.24, 2.45) is 4.99 Å². The van der Waals surface area contributed by atoms with Gasteiger partial charge in [-0.15, -0.1) is 0 Å². The topological polar surface area (TPSA) is 83.0 Å². The van der Waals surface area contributed by atoms with Crippen molar-refractivity contribution < 1.29 is 9.53 Å². The van der Waals surface area contributed by atoms with Gasteiger partial charge < -0.3 is 19.9 Å². The Morgan fingerprint density at radius 3 is 2.52 bits per heavy atom. The maximum absolute atomic E-state index is 11.6. The van der Waals surface area contributed by atoms with Gasteiger partial charge in [-0.1, -0.05) is 19.1 Å². The number of methoxy groups -OCH3 is 1. The van der Waals surface area contributed by atoms with Gasteiger partial charge in [0.1, 0.15) is 5.82 Å². The molecule has 1 aliphatic heterocycles. The molecule has 0 spiro atoms. The van der Waals surface area contributed by atoms with E-state index in [0.29, 0.717) is 12.1 Å². The van der Waals surface area contributed by atoms with Crippen LogP contribution < -0.4 is 10.2 Å². The van der Waals surface area contributed by atoms with Crippen LogP contribution in [-0.2, 0) is 17.7 Å². The lowest BCUT2D eigenvalue weighted by molar-refractivity contribution is 0.0600. The quantitative estimate of drug-likeness (QED) is 0.439. The highest BCUT2D eigenvalue weighted by atomic mass is 32.1. The first kappa shape index (κ1) is 21.0. The number of aryl methyl sites for hydroxylation is 1. The lowest BCUT2D eigenvalue weighted by atomic mass is 10.1. The predicted octanol–water partition coefficient (Wildman–Crippen LogP) is 2.17. The predicted molar refractivity (Wildman–Crippen MR) is 116 cm³/mol. The van der Waals surface area contributed by atoms with E-state index >= 15 is 0 Å².